The Labute approximate surface area is 183 Å². The average molecular weight is 496 g/mol. The van der Waals surface area contributed by atoms with Crippen LogP contribution in [-0.4, -0.2) is 32.9 Å². The van der Waals surface area contributed by atoms with Gasteiger partial charge in [-0.1, -0.05) is 6.07 Å². The van der Waals surface area contributed by atoms with Crippen molar-refractivity contribution in [3.05, 3.63) is 57.6 Å². The van der Waals surface area contributed by atoms with Crippen molar-refractivity contribution in [1.29, 1.82) is 0 Å². The van der Waals surface area contributed by atoms with Crippen LogP contribution in [-0.2, 0) is 14.8 Å². The van der Waals surface area contributed by atoms with Crippen molar-refractivity contribution in [2.24, 2.45) is 0 Å². The molecule has 0 aliphatic heterocycles. The Morgan fingerprint density at radius 2 is 1.80 bits per heavy atom. The lowest BCUT2D eigenvalue weighted by Gasteiger charge is -2.12. The maximum absolute atomic E-state index is 12.4. The van der Waals surface area contributed by atoms with Gasteiger partial charge in [-0.15, -0.1) is 0 Å². The highest BCUT2D eigenvalue weighted by molar-refractivity contribution is 9.10. The number of nitrogens with one attached hydrogen (secondary N) is 3. The molecule has 0 aromatic heterocycles. The van der Waals surface area contributed by atoms with Crippen LogP contribution in [0.25, 0.3) is 0 Å². The van der Waals surface area contributed by atoms with Gasteiger partial charge in [0, 0.05) is 10.5 Å². The van der Waals surface area contributed by atoms with Gasteiger partial charge in [0.1, 0.15) is 5.75 Å². The number of ether oxygens (including phenoxy) is 1. The lowest BCUT2D eigenvalue weighted by Crippen LogP contribution is -2.44. The smallest absolute Gasteiger partial charge is 0.276 e. The third-order valence-corrected chi connectivity index (χ3v) is 6.77. The summed E-state index contributed by atoms with van der Waals surface area (Å²) < 4.78 is 33.1. The van der Waals surface area contributed by atoms with Crippen LogP contribution in [0.15, 0.2) is 45.8 Å². The SMILES string of the molecule is Cc1ccc(OCC(=O)NNC(=O)c2cc(S(=O)(=O)NC3CC3)ccc2Br)cc1C. The summed E-state index contributed by atoms with van der Waals surface area (Å²) in [6, 6.07) is 9.55. The van der Waals surface area contributed by atoms with Crippen LogP contribution < -0.4 is 20.3 Å². The van der Waals surface area contributed by atoms with Crippen molar-refractivity contribution in [3.8, 4) is 5.75 Å². The monoisotopic (exact) mass is 495 g/mol. The van der Waals surface area contributed by atoms with Crippen LogP contribution in [0.3, 0.4) is 0 Å². The minimum Gasteiger partial charge on any atom is -0.484 e. The molecular formula is C20H22BrN3O5S. The molecule has 0 saturated heterocycles. The number of halogens is 1. The number of benzene rings is 2. The number of hydrazine groups is 1. The number of rotatable bonds is 7. The third-order valence-electron chi connectivity index (χ3n) is 4.56. The second-order valence-electron chi connectivity index (χ2n) is 7.07. The normalized spacial score (nSPS) is 13.6. The summed E-state index contributed by atoms with van der Waals surface area (Å²) >= 11 is 3.23. The first kappa shape index (κ1) is 22.3. The summed E-state index contributed by atoms with van der Waals surface area (Å²) in [6.45, 7) is 3.63. The Hall–Kier alpha value is -2.43. The van der Waals surface area contributed by atoms with Crippen LogP contribution in [0, 0.1) is 13.8 Å². The van der Waals surface area contributed by atoms with Gasteiger partial charge in [0.15, 0.2) is 6.61 Å². The van der Waals surface area contributed by atoms with Crippen molar-refractivity contribution in [1.82, 2.24) is 15.6 Å². The highest BCUT2D eigenvalue weighted by atomic mass is 79.9. The van der Waals surface area contributed by atoms with E-state index in [2.05, 4.69) is 31.5 Å². The zero-order valence-electron chi connectivity index (χ0n) is 16.5. The van der Waals surface area contributed by atoms with E-state index >= 15 is 0 Å². The Kier molecular flexibility index (Phi) is 6.79. The maximum atomic E-state index is 12.4. The minimum atomic E-state index is -3.71. The third kappa shape index (κ3) is 5.80. The molecular weight excluding hydrogens is 474 g/mol. The molecule has 1 aliphatic rings. The number of carbonyl (C=O) groups is 2. The van der Waals surface area contributed by atoms with E-state index in [1.807, 2.05) is 26.0 Å². The maximum Gasteiger partial charge on any atom is 0.276 e. The summed E-state index contributed by atoms with van der Waals surface area (Å²) in [5.74, 6) is -0.676. The molecule has 0 unspecified atom stereocenters. The van der Waals surface area contributed by atoms with Gasteiger partial charge in [0.2, 0.25) is 10.0 Å². The van der Waals surface area contributed by atoms with Crippen LogP contribution in [0.5, 0.6) is 5.75 Å². The number of hydrogen-bond acceptors (Lipinski definition) is 5. The number of carbonyl (C=O) groups excluding carboxylic acids is 2. The van der Waals surface area contributed by atoms with Crippen molar-refractivity contribution in [3.63, 3.8) is 0 Å². The molecule has 30 heavy (non-hydrogen) atoms. The van der Waals surface area contributed by atoms with Crippen molar-refractivity contribution in [2.75, 3.05) is 6.61 Å². The predicted octanol–water partition coefficient (Wildman–Crippen LogP) is 2.35. The number of aryl methyl sites for hydroxylation is 2. The fraction of sp³-hybridized carbons (Fsp3) is 0.300. The predicted molar refractivity (Wildman–Crippen MR) is 115 cm³/mol. The number of amides is 2. The van der Waals surface area contributed by atoms with Gasteiger partial charge < -0.3 is 4.74 Å². The molecule has 160 valence electrons. The first-order chi connectivity index (χ1) is 14.2. The summed E-state index contributed by atoms with van der Waals surface area (Å²) in [6.07, 6.45) is 1.61. The molecule has 0 atom stereocenters. The highest BCUT2D eigenvalue weighted by Gasteiger charge is 2.28. The Bertz CT molecular complexity index is 1080. The van der Waals surface area contributed by atoms with E-state index in [-0.39, 0.29) is 23.1 Å². The van der Waals surface area contributed by atoms with Gasteiger partial charge in [-0.2, -0.15) is 0 Å². The van der Waals surface area contributed by atoms with E-state index in [0.717, 1.165) is 24.0 Å². The van der Waals surface area contributed by atoms with Gasteiger partial charge in [0.05, 0.1) is 10.5 Å². The first-order valence-corrected chi connectivity index (χ1v) is 11.5. The minimum absolute atomic E-state index is 0.0212. The van der Waals surface area contributed by atoms with Gasteiger partial charge in [-0.3, -0.25) is 20.4 Å². The molecule has 8 nitrogen and oxygen atoms in total. The van der Waals surface area contributed by atoms with Gasteiger partial charge in [-0.25, -0.2) is 13.1 Å². The van der Waals surface area contributed by atoms with Crippen LogP contribution >= 0.6 is 15.9 Å². The fourth-order valence-electron chi connectivity index (χ4n) is 2.52. The largest absolute Gasteiger partial charge is 0.484 e. The van der Waals surface area contributed by atoms with E-state index in [0.29, 0.717) is 10.2 Å². The molecule has 2 aromatic rings. The summed E-state index contributed by atoms with van der Waals surface area (Å²) in [5, 5.41) is 0. The molecule has 1 aliphatic carbocycles. The Morgan fingerprint density at radius 1 is 1.07 bits per heavy atom. The molecule has 3 rings (SSSR count). The van der Waals surface area contributed by atoms with Crippen LogP contribution in [0.2, 0.25) is 0 Å². The molecule has 1 fully saturated rings. The number of hydrogen-bond donors (Lipinski definition) is 3. The zero-order valence-corrected chi connectivity index (χ0v) is 18.9. The Morgan fingerprint density at radius 3 is 2.47 bits per heavy atom. The fourth-order valence-corrected chi connectivity index (χ4v) is 4.27. The van der Waals surface area contributed by atoms with E-state index in [1.165, 1.54) is 18.2 Å². The lowest BCUT2D eigenvalue weighted by atomic mass is 10.1. The topological polar surface area (TPSA) is 114 Å². The van der Waals surface area contributed by atoms with E-state index < -0.39 is 21.8 Å². The molecule has 0 bridgehead atoms. The molecule has 10 heteroatoms. The zero-order chi connectivity index (χ0) is 21.9. The number of sulfonamides is 1. The summed E-state index contributed by atoms with van der Waals surface area (Å²) in [5.41, 5.74) is 6.74. The second kappa shape index (κ2) is 9.15. The molecule has 0 spiro atoms. The van der Waals surface area contributed by atoms with Gasteiger partial charge in [-0.05, 0) is 84.1 Å². The lowest BCUT2D eigenvalue weighted by molar-refractivity contribution is -0.123. The van der Waals surface area contributed by atoms with Gasteiger partial charge in [0.25, 0.3) is 11.8 Å². The Balaban J connectivity index is 1.57. The second-order valence-corrected chi connectivity index (χ2v) is 9.64. The molecule has 0 heterocycles. The molecule has 1 saturated carbocycles. The van der Waals surface area contributed by atoms with Crippen LogP contribution in [0.1, 0.15) is 34.3 Å². The highest BCUT2D eigenvalue weighted by Crippen LogP contribution is 2.25. The first-order valence-electron chi connectivity index (χ1n) is 9.27. The van der Waals surface area contributed by atoms with E-state index in [1.54, 1.807) is 6.07 Å². The van der Waals surface area contributed by atoms with Crippen molar-refractivity contribution in [2.45, 2.75) is 37.6 Å². The molecule has 3 N–H and O–H groups in total. The van der Waals surface area contributed by atoms with E-state index in [4.69, 9.17) is 4.74 Å². The van der Waals surface area contributed by atoms with Crippen LogP contribution in [0.4, 0.5) is 0 Å². The van der Waals surface area contributed by atoms with Crippen molar-refractivity contribution >= 4 is 37.8 Å². The van der Waals surface area contributed by atoms with Crippen molar-refractivity contribution < 1.29 is 22.7 Å². The molecule has 0 radical (unpaired) electrons. The van der Waals surface area contributed by atoms with Gasteiger partial charge >= 0.3 is 0 Å². The molecule has 2 aromatic carbocycles. The summed E-state index contributed by atoms with van der Waals surface area (Å²) in [4.78, 5) is 24.4. The average Bonchev–Trinajstić information content (AvgIpc) is 3.50. The standard InChI is InChI=1S/C20H22BrN3O5S/c1-12-3-6-15(9-13(12)2)29-11-19(25)22-23-20(26)17-10-16(7-8-18(17)21)30(27,28)24-14-4-5-14/h3,6-10,14,24H,4-5,11H2,1-2H3,(H,22,25)(H,23,26). The summed E-state index contributed by atoms with van der Waals surface area (Å²) in [7, 11) is -3.71. The quantitative estimate of drug-likeness (QED) is 0.510. The van der Waals surface area contributed by atoms with E-state index in [9.17, 15) is 18.0 Å². The molecule has 2 amide bonds.